The van der Waals surface area contributed by atoms with Crippen molar-refractivity contribution >= 4 is 0 Å². The van der Waals surface area contributed by atoms with Gasteiger partial charge in [-0.2, -0.15) is 5.10 Å². The molecule has 2 aromatic rings. The van der Waals surface area contributed by atoms with E-state index in [1.807, 2.05) is 12.1 Å². The molecule has 0 aliphatic heterocycles. The van der Waals surface area contributed by atoms with Gasteiger partial charge in [0.2, 0.25) is 0 Å². The minimum atomic E-state index is -0.382. The Balaban J connectivity index is 2.33. The number of rotatable bonds is 5. The molecule has 4 nitrogen and oxygen atoms in total. The monoisotopic (exact) mass is 277 g/mol. The van der Waals surface area contributed by atoms with E-state index in [1.54, 1.807) is 6.07 Å². The van der Waals surface area contributed by atoms with Crippen LogP contribution in [-0.2, 0) is 0 Å². The summed E-state index contributed by atoms with van der Waals surface area (Å²) >= 11 is 0. The predicted molar refractivity (Wildman–Crippen MR) is 76.5 cm³/mol. The van der Waals surface area contributed by atoms with E-state index in [0.717, 1.165) is 17.0 Å². The molecule has 1 aromatic carbocycles. The number of methoxy groups -OCH3 is 1. The van der Waals surface area contributed by atoms with Gasteiger partial charge in [-0.1, -0.05) is 19.9 Å². The molecule has 0 fully saturated rings. The highest BCUT2D eigenvalue weighted by Crippen LogP contribution is 2.27. The molecule has 0 saturated heterocycles. The van der Waals surface area contributed by atoms with Gasteiger partial charge in [-0.05, 0) is 29.7 Å². The number of benzene rings is 1. The number of halogens is 1. The third kappa shape index (κ3) is 2.82. The Hall–Kier alpha value is -1.88. The molecule has 0 radical (unpaired) electrons. The molecule has 0 aliphatic carbocycles. The summed E-state index contributed by atoms with van der Waals surface area (Å²) in [5.74, 6) is 0.0884. The summed E-state index contributed by atoms with van der Waals surface area (Å²) in [6, 6.07) is 6.90. The lowest BCUT2D eigenvalue weighted by Gasteiger charge is -2.14. The van der Waals surface area contributed by atoms with Gasteiger partial charge in [0.15, 0.2) is 11.6 Å². The fourth-order valence-corrected chi connectivity index (χ4v) is 2.17. The van der Waals surface area contributed by atoms with Crippen LogP contribution in [0.1, 0.15) is 42.6 Å². The van der Waals surface area contributed by atoms with Gasteiger partial charge in [-0.15, -0.1) is 0 Å². The van der Waals surface area contributed by atoms with Crippen LogP contribution in [0.5, 0.6) is 5.75 Å². The first-order valence-electron chi connectivity index (χ1n) is 6.65. The summed E-state index contributed by atoms with van der Waals surface area (Å²) in [5.41, 5.74) is 8.53. The average Bonchev–Trinajstić information content (AvgIpc) is 2.89. The normalized spacial score (nSPS) is 12.7. The zero-order chi connectivity index (χ0) is 14.7. The third-order valence-electron chi connectivity index (χ3n) is 3.40. The van der Waals surface area contributed by atoms with E-state index in [0.29, 0.717) is 12.5 Å². The highest BCUT2D eigenvalue weighted by molar-refractivity contribution is 5.35. The van der Waals surface area contributed by atoms with Gasteiger partial charge in [0.05, 0.1) is 12.8 Å². The van der Waals surface area contributed by atoms with Gasteiger partial charge in [0.25, 0.3) is 0 Å². The van der Waals surface area contributed by atoms with E-state index in [4.69, 9.17) is 10.5 Å². The average molecular weight is 277 g/mol. The number of nitrogens with one attached hydrogen (secondary N) is 1. The maximum atomic E-state index is 13.8. The summed E-state index contributed by atoms with van der Waals surface area (Å²) in [6.45, 7) is 4.53. The Kier molecular flexibility index (Phi) is 4.39. The smallest absolute Gasteiger partial charge is 0.165 e. The van der Waals surface area contributed by atoms with Crippen molar-refractivity contribution in [1.82, 2.24) is 10.2 Å². The molecule has 0 spiro atoms. The lowest BCUT2D eigenvalue weighted by atomic mass is 9.95. The van der Waals surface area contributed by atoms with Crippen LogP contribution in [0.25, 0.3) is 0 Å². The molecule has 3 N–H and O–H groups in total. The van der Waals surface area contributed by atoms with Crippen LogP contribution in [0.3, 0.4) is 0 Å². The maximum absolute atomic E-state index is 13.8. The molecular formula is C15H20FN3O. The third-order valence-corrected chi connectivity index (χ3v) is 3.40. The van der Waals surface area contributed by atoms with Crippen LogP contribution < -0.4 is 10.5 Å². The van der Waals surface area contributed by atoms with Crippen molar-refractivity contribution in [3.8, 4) is 5.75 Å². The Bertz CT molecular complexity index is 580. The first kappa shape index (κ1) is 14.5. The van der Waals surface area contributed by atoms with Crippen LogP contribution in [0, 0.1) is 5.82 Å². The fourth-order valence-electron chi connectivity index (χ4n) is 2.17. The zero-order valence-corrected chi connectivity index (χ0v) is 12.0. The quantitative estimate of drug-likeness (QED) is 0.883. The lowest BCUT2D eigenvalue weighted by molar-refractivity contribution is 0.386. The molecule has 108 valence electrons. The molecule has 20 heavy (non-hydrogen) atoms. The Morgan fingerprint density at radius 1 is 1.35 bits per heavy atom. The summed E-state index contributed by atoms with van der Waals surface area (Å²) in [5, 5.41) is 7.27. The second-order valence-electron chi connectivity index (χ2n) is 5.09. The van der Waals surface area contributed by atoms with E-state index >= 15 is 0 Å². The van der Waals surface area contributed by atoms with E-state index < -0.39 is 0 Å². The Labute approximate surface area is 118 Å². The molecule has 1 atom stereocenters. The van der Waals surface area contributed by atoms with Crippen LogP contribution in [0.2, 0.25) is 0 Å². The molecule has 0 amide bonds. The van der Waals surface area contributed by atoms with Gasteiger partial charge >= 0.3 is 0 Å². The molecule has 0 bridgehead atoms. The van der Waals surface area contributed by atoms with Crippen molar-refractivity contribution in [2.45, 2.75) is 25.7 Å². The van der Waals surface area contributed by atoms with Crippen molar-refractivity contribution in [2.24, 2.45) is 5.73 Å². The number of nitrogens with two attached hydrogens (primary N) is 1. The molecule has 5 heteroatoms. The van der Waals surface area contributed by atoms with Gasteiger partial charge in [0.1, 0.15) is 0 Å². The van der Waals surface area contributed by atoms with Gasteiger partial charge < -0.3 is 10.5 Å². The maximum Gasteiger partial charge on any atom is 0.165 e. The minimum Gasteiger partial charge on any atom is -0.494 e. The SMILES string of the molecule is COc1ccc(C(CN)c2cc(C(C)C)n[nH]2)cc1F. The standard InChI is InChI=1S/C15H20FN3O/c1-9(2)13-7-14(19-18-13)11(8-17)10-4-5-15(20-3)12(16)6-10/h4-7,9,11H,8,17H2,1-3H3,(H,18,19). The molecular weight excluding hydrogens is 257 g/mol. The number of hydrogen-bond donors (Lipinski definition) is 2. The van der Waals surface area contributed by atoms with Crippen molar-refractivity contribution < 1.29 is 9.13 Å². The first-order chi connectivity index (χ1) is 9.56. The zero-order valence-electron chi connectivity index (χ0n) is 12.0. The fraction of sp³-hybridized carbons (Fsp3) is 0.400. The van der Waals surface area contributed by atoms with E-state index in [9.17, 15) is 4.39 Å². The predicted octanol–water partition coefficient (Wildman–Crippen LogP) is 2.77. The summed E-state index contributed by atoms with van der Waals surface area (Å²) in [4.78, 5) is 0. The number of nitrogens with zero attached hydrogens (tertiary/aromatic N) is 1. The Morgan fingerprint density at radius 3 is 2.60 bits per heavy atom. The van der Waals surface area contributed by atoms with Gasteiger partial charge in [-0.25, -0.2) is 4.39 Å². The lowest BCUT2D eigenvalue weighted by Crippen LogP contribution is -2.14. The van der Waals surface area contributed by atoms with Crippen molar-refractivity contribution in [1.29, 1.82) is 0 Å². The molecule has 1 heterocycles. The van der Waals surface area contributed by atoms with Gasteiger partial charge in [-0.3, -0.25) is 5.10 Å². The van der Waals surface area contributed by atoms with Crippen LogP contribution >= 0.6 is 0 Å². The summed E-state index contributed by atoms with van der Waals surface area (Å²) < 4.78 is 18.7. The highest BCUT2D eigenvalue weighted by Gasteiger charge is 2.18. The summed E-state index contributed by atoms with van der Waals surface area (Å²) in [6.07, 6.45) is 0. The molecule has 2 rings (SSSR count). The summed E-state index contributed by atoms with van der Waals surface area (Å²) in [7, 11) is 1.45. The number of hydrogen-bond acceptors (Lipinski definition) is 3. The van der Waals surface area contributed by atoms with Gasteiger partial charge in [0, 0.05) is 18.2 Å². The van der Waals surface area contributed by atoms with Crippen molar-refractivity contribution in [3.05, 3.63) is 47.0 Å². The first-order valence-corrected chi connectivity index (χ1v) is 6.65. The topological polar surface area (TPSA) is 63.9 Å². The minimum absolute atomic E-state index is 0.101. The van der Waals surface area contributed by atoms with E-state index in [2.05, 4.69) is 24.0 Å². The number of H-pyrrole nitrogens is 1. The van der Waals surface area contributed by atoms with Crippen molar-refractivity contribution in [3.63, 3.8) is 0 Å². The molecule has 1 unspecified atom stereocenters. The second kappa shape index (κ2) is 6.05. The van der Waals surface area contributed by atoms with Crippen molar-refractivity contribution in [2.75, 3.05) is 13.7 Å². The van der Waals surface area contributed by atoms with E-state index in [-0.39, 0.29) is 17.5 Å². The second-order valence-corrected chi connectivity index (χ2v) is 5.09. The largest absolute Gasteiger partial charge is 0.494 e. The van der Waals surface area contributed by atoms with Crippen LogP contribution in [0.15, 0.2) is 24.3 Å². The number of aromatic amines is 1. The van der Waals surface area contributed by atoms with Crippen LogP contribution in [0.4, 0.5) is 4.39 Å². The van der Waals surface area contributed by atoms with Crippen LogP contribution in [-0.4, -0.2) is 23.9 Å². The molecule has 1 aromatic heterocycles. The van der Waals surface area contributed by atoms with E-state index in [1.165, 1.54) is 13.2 Å². The number of aromatic nitrogens is 2. The Morgan fingerprint density at radius 2 is 2.10 bits per heavy atom. The molecule has 0 aliphatic rings. The molecule has 0 saturated carbocycles. The highest BCUT2D eigenvalue weighted by atomic mass is 19.1. The number of ether oxygens (including phenoxy) is 1.